The molecule has 3 N–H and O–H groups in total. The lowest BCUT2D eigenvalue weighted by Crippen LogP contribution is -2.08. The fourth-order valence-electron chi connectivity index (χ4n) is 1.04. The van der Waals surface area contributed by atoms with Gasteiger partial charge in [0, 0.05) is 23.8 Å². The highest BCUT2D eigenvalue weighted by atomic mass is 35.5. The Balaban J connectivity index is 2.02. The Morgan fingerprint density at radius 2 is 2.38 bits per heavy atom. The van der Waals surface area contributed by atoms with E-state index in [0.29, 0.717) is 21.5 Å². The predicted octanol–water partition coefficient (Wildman–Crippen LogP) is 1.45. The van der Waals surface area contributed by atoms with E-state index in [1.54, 1.807) is 12.3 Å². The van der Waals surface area contributed by atoms with Crippen LogP contribution in [-0.4, -0.2) is 14.6 Å². The van der Waals surface area contributed by atoms with Crippen LogP contribution in [0.3, 0.4) is 0 Å². The van der Waals surface area contributed by atoms with Gasteiger partial charge in [-0.3, -0.25) is 4.98 Å². The van der Waals surface area contributed by atoms with E-state index < -0.39 is 0 Å². The summed E-state index contributed by atoms with van der Waals surface area (Å²) in [7, 11) is 0. The Morgan fingerprint density at radius 1 is 1.50 bits per heavy atom. The zero-order valence-electron chi connectivity index (χ0n) is 8.05. The molecule has 0 aromatic carbocycles. The van der Waals surface area contributed by atoms with Gasteiger partial charge in [0.05, 0.1) is 11.2 Å². The van der Waals surface area contributed by atoms with Crippen LogP contribution < -0.4 is 16.0 Å². The number of aromatic nitrogens is 3. The number of hydrogen-bond donors (Lipinski definition) is 2. The summed E-state index contributed by atoms with van der Waals surface area (Å²) in [6.07, 6.45) is 3.10. The number of nitrogens with zero attached hydrogens (tertiary/aromatic N) is 3. The van der Waals surface area contributed by atoms with Crippen molar-refractivity contribution in [3.63, 3.8) is 0 Å². The third-order valence-electron chi connectivity index (χ3n) is 1.74. The first-order chi connectivity index (χ1) is 7.79. The molecular weight excluding hydrogens is 250 g/mol. The van der Waals surface area contributed by atoms with Crippen molar-refractivity contribution in [2.45, 2.75) is 6.61 Å². The minimum atomic E-state index is 0.262. The second kappa shape index (κ2) is 5.06. The van der Waals surface area contributed by atoms with Crippen LogP contribution in [-0.2, 0) is 6.61 Å². The number of halogens is 1. The molecule has 6 nitrogen and oxygen atoms in total. The molecule has 2 rings (SSSR count). The summed E-state index contributed by atoms with van der Waals surface area (Å²) in [6, 6.07) is 1.67. The largest absolute Gasteiger partial charge is 0.485 e. The third-order valence-corrected chi connectivity index (χ3v) is 2.65. The molecule has 0 aliphatic heterocycles. The van der Waals surface area contributed by atoms with E-state index in [2.05, 4.69) is 20.0 Å². The molecule has 0 radical (unpaired) electrons. The predicted molar refractivity (Wildman–Crippen MR) is 61.3 cm³/mol. The van der Waals surface area contributed by atoms with Crippen LogP contribution in [0, 0.1) is 0 Å². The molecule has 0 saturated carbocycles. The van der Waals surface area contributed by atoms with Gasteiger partial charge in [-0.05, 0) is 0 Å². The van der Waals surface area contributed by atoms with Gasteiger partial charge >= 0.3 is 0 Å². The number of ether oxygens (including phenoxy) is 1. The molecule has 0 fully saturated rings. The second-order valence-electron chi connectivity index (χ2n) is 2.82. The highest BCUT2D eigenvalue weighted by Gasteiger charge is 2.07. The van der Waals surface area contributed by atoms with E-state index >= 15 is 0 Å². The SMILES string of the molecule is NNc1snnc1COc1cncc(Cl)c1. The van der Waals surface area contributed by atoms with E-state index in [-0.39, 0.29) is 6.61 Å². The van der Waals surface area contributed by atoms with Crippen LogP contribution in [0.15, 0.2) is 18.5 Å². The first kappa shape index (κ1) is 11.1. The van der Waals surface area contributed by atoms with E-state index in [4.69, 9.17) is 22.2 Å². The van der Waals surface area contributed by atoms with Crippen molar-refractivity contribution in [2.24, 2.45) is 5.84 Å². The Hall–Kier alpha value is -1.44. The van der Waals surface area contributed by atoms with Crippen molar-refractivity contribution in [3.8, 4) is 5.75 Å². The summed E-state index contributed by atoms with van der Waals surface area (Å²) >= 11 is 6.93. The summed E-state index contributed by atoms with van der Waals surface area (Å²) in [5, 5.41) is 5.07. The lowest BCUT2D eigenvalue weighted by molar-refractivity contribution is 0.300. The van der Waals surface area contributed by atoms with Crippen molar-refractivity contribution in [1.29, 1.82) is 0 Å². The van der Waals surface area contributed by atoms with Crippen molar-refractivity contribution in [1.82, 2.24) is 14.6 Å². The van der Waals surface area contributed by atoms with Crippen molar-refractivity contribution in [3.05, 3.63) is 29.2 Å². The van der Waals surface area contributed by atoms with Crippen molar-refractivity contribution >= 4 is 28.1 Å². The highest BCUT2D eigenvalue weighted by molar-refractivity contribution is 7.10. The summed E-state index contributed by atoms with van der Waals surface area (Å²) in [5.74, 6) is 5.85. The summed E-state index contributed by atoms with van der Waals surface area (Å²) in [5.41, 5.74) is 3.14. The second-order valence-corrected chi connectivity index (χ2v) is 4.01. The molecule has 0 spiro atoms. The number of nitrogens with one attached hydrogen (secondary N) is 1. The summed E-state index contributed by atoms with van der Waals surface area (Å²) < 4.78 is 9.19. The highest BCUT2D eigenvalue weighted by Crippen LogP contribution is 2.20. The van der Waals surface area contributed by atoms with E-state index in [0.717, 1.165) is 0 Å². The minimum Gasteiger partial charge on any atom is -0.485 e. The van der Waals surface area contributed by atoms with Crippen LogP contribution in [0.4, 0.5) is 5.00 Å². The van der Waals surface area contributed by atoms with Gasteiger partial charge in [-0.25, -0.2) is 5.84 Å². The number of hydrazine groups is 1. The monoisotopic (exact) mass is 257 g/mol. The van der Waals surface area contributed by atoms with Gasteiger partial charge in [0.15, 0.2) is 5.00 Å². The van der Waals surface area contributed by atoms with Gasteiger partial charge in [-0.15, -0.1) is 5.10 Å². The normalized spacial score (nSPS) is 10.1. The maximum Gasteiger partial charge on any atom is 0.150 e. The van der Waals surface area contributed by atoms with Crippen LogP contribution in [0.2, 0.25) is 5.02 Å². The van der Waals surface area contributed by atoms with Crippen LogP contribution in [0.5, 0.6) is 5.75 Å². The Kier molecular flexibility index (Phi) is 3.50. The zero-order valence-corrected chi connectivity index (χ0v) is 9.63. The van der Waals surface area contributed by atoms with Gasteiger partial charge in [0.25, 0.3) is 0 Å². The molecule has 0 aliphatic rings. The summed E-state index contributed by atoms with van der Waals surface area (Å²) in [4.78, 5) is 3.90. The molecule has 0 saturated heterocycles. The number of rotatable bonds is 4. The Bertz CT molecular complexity index is 477. The van der Waals surface area contributed by atoms with E-state index in [9.17, 15) is 0 Å². The lowest BCUT2D eigenvalue weighted by Gasteiger charge is -2.04. The first-order valence-electron chi connectivity index (χ1n) is 4.31. The number of anilines is 1. The van der Waals surface area contributed by atoms with Gasteiger partial charge in [0.2, 0.25) is 0 Å². The molecule has 0 unspecified atom stereocenters. The van der Waals surface area contributed by atoms with Crippen LogP contribution in [0.25, 0.3) is 0 Å². The number of nitrogens with two attached hydrogens (primary N) is 1. The van der Waals surface area contributed by atoms with Gasteiger partial charge in [0.1, 0.15) is 18.1 Å². The van der Waals surface area contributed by atoms with Crippen molar-refractivity contribution < 1.29 is 4.74 Å². The first-order valence-corrected chi connectivity index (χ1v) is 5.46. The Labute approximate surface area is 101 Å². The van der Waals surface area contributed by atoms with Crippen LogP contribution >= 0.6 is 23.1 Å². The topological polar surface area (TPSA) is 86.0 Å². The molecule has 84 valence electrons. The molecule has 2 aromatic heterocycles. The molecule has 0 aliphatic carbocycles. The quantitative estimate of drug-likeness (QED) is 0.637. The number of hydrogen-bond acceptors (Lipinski definition) is 7. The molecule has 0 amide bonds. The number of pyridine rings is 1. The maximum absolute atomic E-state index is 5.76. The van der Waals surface area contributed by atoms with E-state index in [1.165, 1.54) is 17.7 Å². The minimum absolute atomic E-state index is 0.262. The molecule has 0 atom stereocenters. The standard InChI is InChI=1S/C8H8ClN5OS/c9-5-1-6(3-11-2-5)15-4-7-8(12-10)16-14-13-7/h1-3,12H,4,10H2. The van der Waals surface area contributed by atoms with Gasteiger partial charge < -0.3 is 10.2 Å². The molecule has 2 aromatic rings. The average molecular weight is 258 g/mol. The maximum atomic E-state index is 5.76. The smallest absolute Gasteiger partial charge is 0.150 e. The summed E-state index contributed by atoms with van der Waals surface area (Å²) in [6.45, 7) is 0.262. The molecule has 16 heavy (non-hydrogen) atoms. The van der Waals surface area contributed by atoms with Crippen LogP contribution in [0.1, 0.15) is 5.69 Å². The van der Waals surface area contributed by atoms with Gasteiger partial charge in [-0.2, -0.15) is 0 Å². The molecular formula is C8H8ClN5OS. The van der Waals surface area contributed by atoms with Crippen molar-refractivity contribution in [2.75, 3.05) is 5.43 Å². The molecule has 0 bridgehead atoms. The fraction of sp³-hybridized carbons (Fsp3) is 0.125. The third kappa shape index (κ3) is 2.57. The number of nitrogen functional groups attached to an aromatic ring is 1. The zero-order chi connectivity index (χ0) is 11.4. The van der Waals surface area contributed by atoms with Gasteiger partial charge in [-0.1, -0.05) is 16.1 Å². The average Bonchev–Trinajstić information content (AvgIpc) is 2.74. The Morgan fingerprint density at radius 3 is 3.12 bits per heavy atom. The fourth-order valence-corrected chi connectivity index (χ4v) is 1.68. The lowest BCUT2D eigenvalue weighted by atomic mass is 10.4. The van der Waals surface area contributed by atoms with E-state index in [1.807, 2.05) is 0 Å². The molecule has 8 heteroatoms. The molecule has 2 heterocycles.